The van der Waals surface area contributed by atoms with E-state index >= 15 is 0 Å². The van der Waals surface area contributed by atoms with Gasteiger partial charge in [0.15, 0.2) is 0 Å². The van der Waals surface area contributed by atoms with E-state index in [1.54, 1.807) is 7.05 Å². The minimum Gasteiger partial charge on any atom is -0.341 e. The molecule has 1 aliphatic heterocycles. The number of aryl methyl sites for hydroxylation is 1. The lowest BCUT2D eigenvalue weighted by Gasteiger charge is -2.38. The van der Waals surface area contributed by atoms with Crippen LogP contribution in [0.5, 0.6) is 0 Å². The van der Waals surface area contributed by atoms with Crippen LogP contribution in [0.4, 0.5) is 18.0 Å². The van der Waals surface area contributed by atoms with Gasteiger partial charge in [0, 0.05) is 51.4 Å². The van der Waals surface area contributed by atoms with Gasteiger partial charge in [-0.3, -0.25) is 4.90 Å². The Labute approximate surface area is 251 Å². The molecular weight excluding hydrogens is 551 g/mol. The molecule has 3 aromatic rings. The largest absolute Gasteiger partial charge is 0.416 e. The number of nitrogens with zero attached hydrogens (tertiary/aromatic N) is 4. The topological polar surface area (TPSA) is 53.4 Å². The van der Waals surface area contributed by atoms with Gasteiger partial charge in [0.1, 0.15) is 5.82 Å². The Bertz CT molecular complexity index is 1480. The Morgan fingerprint density at radius 3 is 2.42 bits per heavy atom. The fourth-order valence-corrected chi connectivity index (χ4v) is 5.81. The molecule has 0 spiro atoms. The van der Waals surface area contributed by atoms with Gasteiger partial charge in [-0.15, -0.1) is 0 Å². The number of urea groups is 1. The molecule has 226 valence electrons. The number of benzene rings is 2. The second-order valence-corrected chi connectivity index (χ2v) is 11.1. The van der Waals surface area contributed by atoms with E-state index in [9.17, 15) is 18.0 Å². The fraction of sp³-hybridized carbons (Fsp3) is 0.353. The van der Waals surface area contributed by atoms with Crippen LogP contribution < -0.4 is 5.32 Å². The van der Waals surface area contributed by atoms with Crippen molar-refractivity contribution in [2.45, 2.75) is 58.0 Å². The number of likely N-dealkylation sites (tertiary alicyclic amines) is 1. The van der Waals surface area contributed by atoms with Gasteiger partial charge >= 0.3 is 12.2 Å². The van der Waals surface area contributed by atoms with Gasteiger partial charge in [0.2, 0.25) is 0 Å². The van der Waals surface area contributed by atoms with E-state index in [0.717, 1.165) is 67.0 Å². The van der Waals surface area contributed by atoms with Crippen LogP contribution in [-0.4, -0.2) is 51.6 Å². The van der Waals surface area contributed by atoms with Crippen LogP contribution in [0.1, 0.15) is 41.8 Å². The third kappa shape index (κ3) is 7.46. The molecule has 0 radical (unpaired) electrons. The van der Waals surface area contributed by atoms with Crippen molar-refractivity contribution in [1.29, 1.82) is 0 Å². The van der Waals surface area contributed by atoms with Crippen molar-refractivity contribution in [2.75, 3.05) is 20.1 Å². The number of allylic oxidation sites excluding steroid dienone is 6. The van der Waals surface area contributed by atoms with Crippen LogP contribution in [0.15, 0.2) is 90.6 Å². The third-order valence-corrected chi connectivity index (χ3v) is 8.18. The number of rotatable bonds is 8. The van der Waals surface area contributed by atoms with Crippen molar-refractivity contribution in [2.24, 2.45) is 0 Å². The number of nitrogens with one attached hydrogen (secondary N) is 1. The molecule has 2 aromatic carbocycles. The lowest BCUT2D eigenvalue weighted by atomic mass is 10.0. The first-order valence-corrected chi connectivity index (χ1v) is 14.7. The highest BCUT2D eigenvalue weighted by Crippen LogP contribution is 2.32. The molecule has 0 atom stereocenters. The number of carbonyl (C=O) groups is 1. The number of carbonyl (C=O) groups excluding carboxylic acids is 1. The minimum atomic E-state index is -4.39. The molecule has 2 amide bonds. The summed E-state index contributed by atoms with van der Waals surface area (Å²) in [5.41, 5.74) is 4.08. The van der Waals surface area contributed by atoms with Crippen molar-refractivity contribution in [3.05, 3.63) is 113 Å². The molecular formula is C34H38F3N5O. The first-order chi connectivity index (χ1) is 20.7. The van der Waals surface area contributed by atoms with Crippen LogP contribution >= 0.6 is 0 Å². The maximum Gasteiger partial charge on any atom is 0.416 e. The number of halogens is 3. The molecule has 43 heavy (non-hydrogen) atoms. The van der Waals surface area contributed by atoms with Crippen molar-refractivity contribution in [3.63, 3.8) is 0 Å². The van der Waals surface area contributed by atoms with Crippen LogP contribution in [0, 0.1) is 6.92 Å². The maximum absolute atomic E-state index is 13.3. The summed E-state index contributed by atoms with van der Waals surface area (Å²) in [4.78, 5) is 22.0. The number of piperidine rings is 1. The third-order valence-electron chi connectivity index (χ3n) is 8.18. The molecule has 1 saturated heterocycles. The summed E-state index contributed by atoms with van der Waals surface area (Å²) >= 11 is 0. The number of imidazole rings is 1. The number of amides is 2. The van der Waals surface area contributed by atoms with E-state index in [2.05, 4.69) is 39.1 Å². The zero-order valence-corrected chi connectivity index (χ0v) is 24.6. The molecule has 1 aromatic heterocycles. The smallest absolute Gasteiger partial charge is 0.341 e. The molecule has 0 saturated carbocycles. The van der Waals surface area contributed by atoms with E-state index in [-0.39, 0.29) is 12.1 Å². The first-order valence-electron chi connectivity index (χ1n) is 14.7. The minimum absolute atomic E-state index is 0.0730. The summed E-state index contributed by atoms with van der Waals surface area (Å²) in [7, 11) is 1.67. The van der Waals surface area contributed by atoms with Crippen LogP contribution in [-0.2, 0) is 25.8 Å². The van der Waals surface area contributed by atoms with Gasteiger partial charge < -0.3 is 14.8 Å². The monoisotopic (exact) mass is 589 g/mol. The van der Waals surface area contributed by atoms with E-state index in [1.165, 1.54) is 12.1 Å². The van der Waals surface area contributed by atoms with Crippen LogP contribution in [0.3, 0.4) is 0 Å². The molecule has 1 fully saturated rings. The summed E-state index contributed by atoms with van der Waals surface area (Å²) in [6.45, 7) is 5.39. The average molecular weight is 590 g/mol. The standard InChI is InChI=1S/C34H38F3N5O/c1-25-31(24-40-20-18-30(19-21-40)41(33(43)38-2)22-26-12-8-5-9-13-26)42(23-27-10-6-3-4-7-11-27)32(39-25)28-14-16-29(17-15-28)34(35,36)37/h3,5-17,30H,4,18-24H2,1-2H3,(H,38,43). The molecule has 5 rings (SSSR count). The lowest BCUT2D eigenvalue weighted by molar-refractivity contribution is -0.137. The van der Waals surface area contributed by atoms with Gasteiger partial charge in [-0.25, -0.2) is 9.78 Å². The van der Waals surface area contributed by atoms with E-state index in [0.29, 0.717) is 31.0 Å². The zero-order chi connectivity index (χ0) is 30.4. The van der Waals surface area contributed by atoms with E-state index < -0.39 is 11.7 Å². The highest BCUT2D eigenvalue weighted by molar-refractivity contribution is 5.74. The van der Waals surface area contributed by atoms with Crippen molar-refractivity contribution >= 4 is 6.03 Å². The Morgan fingerprint density at radius 1 is 1.02 bits per heavy atom. The molecule has 6 nitrogen and oxygen atoms in total. The number of alkyl halides is 3. The maximum atomic E-state index is 13.3. The number of hydrogen-bond donors (Lipinski definition) is 1. The Balaban J connectivity index is 1.37. The first kappa shape index (κ1) is 30.4. The van der Waals surface area contributed by atoms with E-state index in [1.807, 2.05) is 48.2 Å². The highest BCUT2D eigenvalue weighted by atomic mass is 19.4. The van der Waals surface area contributed by atoms with Crippen LogP contribution in [0.2, 0.25) is 0 Å². The molecule has 1 N–H and O–H groups in total. The van der Waals surface area contributed by atoms with Crippen molar-refractivity contribution < 1.29 is 18.0 Å². The SMILES string of the molecule is CNC(=O)N(Cc1ccccc1)C1CCN(Cc2c(C)nc(-c3ccc(C(F)(F)F)cc3)n2CC2=CC=CCC=C2)CC1. The molecule has 0 bridgehead atoms. The lowest BCUT2D eigenvalue weighted by Crippen LogP contribution is -2.49. The predicted molar refractivity (Wildman–Crippen MR) is 163 cm³/mol. The summed E-state index contributed by atoms with van der Waals surface area (Å²) in [5.74, 6) is 0.660. The molecule has 1 aliphatic carbocycles. The van der Waals surface area contributed by atoms with Gasteiger partial charge in [-0.05, 0) is 49.5 Å². The Hall–Kier alpha value is -4.11. The Morgan fingerprint density at radius 2 is 1.74 bits per heavy atom. The predicted octanol–water partition coefficient (Wildman–Crippen LogP) is 7.13. The normalized spacial score (nSPS) is 16.2. The zero-order valence-electron chi connectivity index (χ0n) is 24.6. The van der Waals surface area contributed by atoms with Crippen LogP contribution in [0.25, 0.3) is 11.4 Å². The van der Waals surface area contributed by atoms with Gasteiger partial charge in [-0.1, -0.05) is 72.8 Å². The molecule has 2 aliphatic rings. The Kier molecular flexibility index (Phi) is 9.50. The number of aromatic nitrogens is 2. The summed E-state index contributed by atoms with van der Waals surface area (Å²) < 4.78 is 41.9. The van der Waals surface area contributed by atoms with Crippen molar-refractivity contribution in [3.8, 4) is 11.4 Å². The molecule has 9 heteroatoms. The molecule has 2 heterocycles. The quantitative estimate of drug-likeness (QED) is 0.304. The summed E-state index contributed by atoms with van der Waals surface area (Å²) in [5, 5.41) is 2.81. The molecule has 0 unspecified atom stereocenters. The number of hydrogen-bond acceptors (Lipinski definition) is 3. The van der Waals surface area contributed by atoms with Gasteiger partial charge in [0.05, 0.1) is 17.0 Å². The fourth-order valence-electron chi connectivity index (χ4n) is 5.81. The summed E-state index contributed by atoms with van der Waals surface area (Å²) in [6, 6.07) is 15.3. The second kappa shape index (κ2) is 13.5. The van der Waals surface area contributed by atoms with Gasteiger partial charge in [0.25, 0.3) is 0 Å². The average Bonchev–Trinajstić information content (AvgIpc) is 3.15. The second-order valence-electron chi connectivity index (χ2n) is 11.1. The highest BCUT2D eigenvalue weighted by Gasteiger charge is 2.31. The van der Waals surface area contributed by atoms with Crippen molar-refractivity contribution in [1.82, 2.24) is 24.7 Å². The van der Waals surface area contributed by atoms with Gasteiger partial charge in [-0.2, -0.15) is 13.2 Å². The summed E-state index contributed by atoms with van der Waals surface area (Å²) in [6.07, 6.45) is 8.56. The van der Waals surface area contributed by atoms with E-state index in [4.69, 9.17) is 4.98 Å².